The molecular formula is C12H13ClF3NO2SSi. The van der Waals surface area contributed by atoms with Crippen LogP contribution in [0.25, 0.3) is 0 Å². The van der Waals surface area contributed by atoms with Crippen molar-refractivity contribution in [1.29, 1.82) is 0 Å². The van der Waals surface area contributed by atoms with Gasteiger partial charge >= 0.3 is 15.5 Å². The van der Waals surface area contributed by atoms with E-state index >= 15 is 0 Å². The summed E-state index contributed by atoms with van der Waals surface area (Å²) in [5.74, 6) is 2.69. The molecule has 0 unspecified atom stereocenters. The van der Waals surface area contributed by atoms with Gasteiger partial charge in [-0.1, -0.05) is 31.4 Å². The predicted molar refractivity (Wildman–Crippen MR) is 80.6 cm³/mol. The molecule has 0 spiro atoms. The molecule has 0 saturated carbocycles. The molecule has 0 heterocycles. The average Bonchev–Trinajstić information content (AvgIpc) is 2.30. The van der Waals surface area contributed by atoms with E-state index in [-0.39, 0.29) is 16.3 Å². The zero-order chi connectivity index (χ0) is 16.3. The molecule has 0 aliphatic carbocycles. The molecule has 3 nitrogen and oxygen atoms in total. The lowest BCUT2D eigenvalue weighted by molar-refractivity contribution is -0.0429. The van der Waals surface area contributed by atoms with Crippen LogP contribution in [0.5, 0.6) is 0 Å². The summed E-state index contributed by atoms with van der Waals surface area (Å²) in [5.41, 5.74) is -2.16. The Hall–Kier alpha value is -1.17. The van der Waals surface area contributed by atoms with Gasteiger partial charge in [0, 0.05) is 10.6 Å². The van der Waals surface area contributed by atoms with Crippen LogP contribution in [0.15, 0.2) is 18.2 Å². The summed E-state index contributed by atoms with van der Waals surface area (Å²) >= 11 is 5.76. The molecule has 0 saturated heterocycles. The molecule has 0 aliphatic rings. The Morgan fingerprint density at radius 3 is 2.48 bits per heavy atom. The fraction of sp³-hybridized carbons (Fsp3) is 0.333. The van der Waals surface area contributed by atoms with Crippen LogP contribution in [-0.4, -0.2) is 23.4 Å². The summed E-state index contributed by atoms with van der Waals surface area (Å²) in [6.45, 7) is 3.98. The van der Waals surface area contributed by atoms with E-state index in [1.54, 1.807) is 0 Å². The number of hydrogen-bond donors (Lipinski definition) is 1. The molecule has 0 aromatic heterocycles. The first kappa shape index (κ1) is 17.9. The monoisotopic (exact) mass is 355 g/mol. The highest BCUT2D eigenvalue weighted by atomic mass is 35.5. The fourth-order valence-corrected chi connectivity index (χ4v) is 2.72. The first-order valence-corrected chi connectivity index (χ1v) is 9.29. The number of benzene rings is 1. The Balaban J connectivity index is 3.16. The minimum atomic E-state index is -5.48. The Bertz CT molecular complexity index is 678. The molecule has 1 N–H and O–H groups in total. The maximum absolute atomic E-state index is 12.4. The highest BCUT2D eigenvalue weighted by molar-refractivity contribution is 7.93. The summed E-state index contributed by atoms with van der Waals surface area (Å²) in [6.07, 6.45) is 0. The first-order valence-electron chi connectivity index (χ1n) is 5.90. The Morgan fingerprint density at radius 2 is 1.95 bits per heavy atom. The van der Waals surface area contributed by atoms with Crippen LogP contribution < -0.4 is 4.72 Å². The molecule has 0 aliphatic heterocycles. The van der Waals surface area contributed by atoms with Crippen LogP contribution in [0.2, 0.25) is 10.6 Å². The van der Waals surface area contributed by atoms with Gasteiger partial charge in [0.05, 0.1) is 5.69 Å². The molecule has 9 heteroatoms. The SMILES string of the molecule is CC(C)[SiH2]C#Cc1cc(Cl)ccc1NS(=O)(=O)C(F)(F)F. The van der Waals surface area contributed by atoms with Crippen LogP contribution in [0.3, 0.4) is 0 Å². The first-order chi connectivity index (χ1) is 9.53. The number of hydrogen-bond acceptors (Lipinski definition) is 2. The third kappa shape index (κ3) is 5.26. The molecular weight excluding hydrogens is 343 g/mol. The second-order valence-corrected chi connectivity index (χ2v) is 9.15. The second kappa shape index (κ2) is 6.73. The van der Waals surface area contributed by atoms with Gasteiger partial charge in [0.15, 0.2) is 0 Å². The number of halogens is 4. The minimum absolute atomic E-state index is 0.128. The number of nitrogens with one attached hydrogen (secondary N) is 1. The van der Waals surface area contributed by atoms with Gasteiger partial charge in [0.2, 0.25) is 0 Å². The van der Waals surface area contributed by atoms with E-state index in [0.717, 1.165) is 6.07 Å². The van der Waals surface area contributed by atoms with E-state index in [1.165, 1.54) is 16.9 Å². The van der Waals surface area contributed by atoms with Crippen molar-refractivity contribution < 1.29 is 21.6 Å². The third-order valence-corrected chi connectivity index (χ3v) is 4.79. The van der Waals surface area contributed by atoms with Gasteiger partial charge in [-0.25, -0.2) is 0 Å². The molecule has 21 heavy (non-hydrogen) atoms. The van der Waals surface area contributed by atoms with Crippen molar-refractivity contribution in [2.45, 2.75) is 24.9 Å². The lowest BCUT2D eigenvalue weighted by Crippen LogP contribution is -2.30. The van der Waals surface area contributed by atoms with Crippen molar-refractivity contribution >= 4 is 36.8 Å². The molecule has 0 bridgehead atoms. The molecule has 0 amide bonds. The largest absolute Gasteiger partial charge is 0.516 e. The van der Waals surface area contributed by atoms with Gasteiger partial charge in [-0.15, -0.1) is 5.54 Å². The standard InChI is InChI=1S/C12H13ClF3NO2SSi/c1-8(2)21-6-5-9-7-10(13)3-4-11(9)17-20(18,19)12(14,15)16/h3-4,7-8,17H,21H2,1-2H3. The molecule has 1 aromatic carbocycles. The highest BCUT2D eigenvalue weighted by Gasteiger charge is 2.46. The van der Waals surface area contributed by atoms with Gasteiger partial charge in [-0.05, 0) is 23.7 Å². The van der Waals surface area contributed by atoms with Gasteiger partial charge in [-0.3, -0.25) is 4.72 Å². The summed E-state index contributed by atoms with van der Waals surface area (Å²) in [7, 11) is -6.18. The molecule has 1 aromatic rings. The van der Waals surface area contributed by atoms with Crippen LogP contribution >= 0.6 is 11.6 Å². The summed E-state index contributed by atoms with van der Waals surface area (Å²) in [4.78, 5) is 0. The summed E-state index contributed by atoms with van der Waals surface area (Å²) < 4.78 is 60.9. The van der Waals surface area contributed by atoms with Gasteiger partial charge in [0.1, 0.15) is 9.52 Å². The Labute approximate surface area is 128 Å². The number of sulfonamides is 1. The number of alkyl halides is 3. The fourth-order valence-electron chi connectivity index (χ4n) is 1.26. The quantitative estimate of drug-likeness (QED) is 0.669. The summed E-state index contributed by atoms with van der Waals surface area (Å²) in [5, 5.41) is 0.264. The number of anilines is 1. The molecule has 116 valence electrons. The molecule has 0 radical (unpaired) electrons. The van der Waals surface area contributed by atoms with Crippen LogP contribution in [0.4, 0.5) is 18.9 Å². The zero-order valence-electron chi connectivity index (χ0n) is 11.3. The molecule has 0 fully saturated rings. The predicted octanol–water partition coefficient (Wildman–Crippen LogP) is 2.91. The maximum atomic E-state index is 12.4. The smallest absolute Gasteiger partial charge is 0.275 e. The van der Waals surface area contributed by atoms with Crippen LogP contribution in [0, 0.1) is 11.5 Å². The van der Waals surface area contributed by atoms with Gasteiger partial charge in [-0.2, -0.15) is 21.6 Å². The topological polar surface area (TPSA) is 46.2 Å². The normalized spacial score (nSPS) is 12.5. The highest BCUT2D eigenvalue weighted by Crippen LogP contribution is 2.28. The lowest BCUT2D eigenvalue weighted by Gasteiger charge is -2.12. The molecule has 0 atom stereocenters. The van der Waals surface area contributed by atoms with Crippen molar-refractivity contribution in [1.82, 2.24) is 0 Å². The summed E-state index contributed by atoms with van der Waals surface area (Å²) in [6, 6.07) is 3.78. The lowest BCUT2D eigenvalue weighted by atomic mass is 10.2. The van der Waals surface area contributed by atoms with Gasteiger partial charge in [0.25, 0.3) is 0 Å². The third-order valence-electron chi connectivity index (χ3n) is 2.26. The van der Waals surface area contributed by atoms with Crippen LogP contribution in [-0.2, 0) is 10.0 Å². The minimum Gasteiger partial charge on any atom is -0.275 e. The van der Waals surface area contributed by atoms with E-state index in [2.05, 4.69) is 11.5 Å². The Morgan fingerprint density at radius 1 is 1.33 bits per heavy atom. The second-order valence-electron chi connectivity index (χ2n) is 4.64. The van der Waals surface area contributed by atoms with Crippen molar-refractivity contribution in [3.8, 4) is 11.5 Å². The van der Waals surface area contributed by atoms with E-state index in [9.17, 15) is 21.6 Å². The van der Waals surface area contributed by atoms with E-state index in [0.29, 0.717) is 5.54 Å². The maximum Gasteiger partial charge on any atom is 0.516 e. The van der Waals surface area contributed by atoms with E-state index in [4.69, 9.17) is 11.6 Å². The van der Waals surface area contributed by atoms with Gasteiger partial charge < -0.3 is 0 Å². The van der Waals surface area contributed by atoms with E-state index in [1.807, 2.05) is 13.8 Å². The zero-order valence-corrected chi connectivity index (χ0v) is 14.2. The van der Waals surface area contributed by atoms with E-state index < -0.39 is 25.1 Å². The average molecular weight is 356 g/mol. The van der Waals surface area contributed by atoms with Crippen molar-refractivity contribution in [3.63, 3.8) is 0 Å². The van der Waals surface area contributed by atoms with Crippen molar-refractivity contribution in [3.05, 3.63) is 28.8 Å². The molecule has 1 rings (SSSR count). The number of rotatable bonds is 3. The van der Waals surface area contributed by atoms with Crippen LogP contribution in [0.1, 0.15) is 19.4 Å². The Kier molecular flexibility index (Phi) is 5.73. The van der Waals surface area contributed by atoms with Crippen molar-refractivity contribution in [2.24, 2.45) is 0 Å². The van der Waals surface area contributed by atoms with Crippen molar-refractivity contribution in [2.75, 3.05) is 4.72 Å².